The summed E-state index contributed by atoms with van der Waals surface area (Å²) in [5.74, 6) is -36.8. The number of alkyl halides is 11. The zero-order valence-corrected chi connectivity index (χ0v) is 74.6. The highest BCUT2D eigenvalue weighted by molar-refractivity contribution is 5.73. The Bertz CT molecular complexity index is 6300. The van der Waals surface area contributed by atoms with Crippen molar-refractivity contribution in [1.29, 1.82) is 0 Å². The predicted molar refractivity (Wildman–Crippen MR) is 468 cm³/mol. The van der Waals surface area contributed by atoms with Crippen LogP contribution in [0.25, 0.3) is 55.6 Å². The topological polar surface area (TPSA) is 46.2 Å². The highest BCUT2D eigenvalue weighted by Crippen LogP contribution is 2.48. The molecule has 0 N–H and O–H groups in total. The molecule has 16 rings (SSSR count). The van der Waals surface area contributed by atoms with Crippen molar-refractivity contribution in [3.63, 3.8) is 0 Å². The lowest BCUT2D eigenvalue weighted by Gasteiger charge is -2.32. The summed E-state index contributed by atoms with van der Waals surface area (Å²) in [6.07, 6.45) is -7.91. The molecule has 0 bridgehead atoms. The Balaban J connectivity index is 0.000000213. The predicted octanol–water partition coefficient (Wildman–Crippen LogP) is 35.8. The molecule has 4 saturated carbocycles. The van der Waals surface area contributed by atoms with Gasteiger partial charge in [-0.1, -0.05) is 152 Å². The highest BCUT2D eigenvalue weighted by atomic mass is 19.4. The second-order valence-electron chi connectivity index (χ2n) is 35.6. The van der Waals surface area contributed by atoms with Crippen molar-refractivity contribution in [2.24, 2.45) is 29.6 Å². The summed E-state index contributed by atoms with van der Waals surface area (Å²) in [4.78, 5) is 0. The summed E-state index contributed by atoms with van der Waals surface area (Å²) in [6, 6.07) is 30.7. The number of ether oxygens (including phenoxy) is 5. The Morgan fingerprint density at radius 2 is 0.468 bits per heavy atom. The van der Waals surface area contributed by atoms with Gasteiger partial charge in [0, 0.05) is 11.3 Å². The van der Waals surface area contributed by atoms with E-state index in [1.165, 1.54) is 36.4 Å². The molecule has 0 aromatic heterocycles. The molecular formula is C105H91F31O5. The van der Waals surface area contributed by atoms with Gasteiger partial charge in [-0.15, -0.1) is 13.2 Å². The fourth-order valence-corrected chi connectivity index (χ4v) is 17.4. The van der Waals surface area contributed by atoms with Gasteiger partial charge in [-0.3, -0.25) is 0 Å². The molecule has 12 aromatic carbocycles. The normalized spacial score (nSPS) is 18.6. The van der Waals surface area contributed by atoms with E-state index in [1.54, 1.807) is 30.3 Å². The first-order valence-corrected chi connectivity index (χ1v) is 44.3. The van der Waals surface area contributed by atoms with Crippen molar-refractivity contribution in [3.05, 3.63) is 338 Å². The smallest absolute Gasteiger partial charge is 0.432 e. The molecule has 12 aromatic rings. The van der Waals surface area contributed by atoms with Crippen LogP contribution in [0.2, 0.25) is 0 Å². The summed E-state index contributed by atoms with van der Waals surface area (Å²) in [7, 11) is 0. The van der Waals surface area contributed by atoms with Crippen LogP contribution >= 0.6 is 0 Å². The first kappa shape index (κ1) is 106. The van der Waals surface area contributed by atoms with Gasteiger partial charge < -0.3 is 23.7 Å². The first-order valence-electron chi connectivity index (χ1n) is 44.3. The number of hydrogen-bond acceptors (Lipinski definition) is 5. The molecule has 0 heterocycles. The molecule has 141 heavy (non-hydrogen) atoms. The molecule has 0 atom stereocenters. The van der Waals surface area contributed by atoms with Crippen LogP contribution in [0.5, 0.6) is 28.7 Å². The molecule has 5 nitrogen and oxygen atoms in total. The van der Waals surface area contributed by atoms with Crippen molar-refractivity contribution in [2.45, 2.75) is 179 Å². The third kappa shape index (κ3) is 25.7. The van der Waals surface area contributed by atoms with Crippen molar-refractivity contribution in [3.8, 4) is 84.4 Å². The Kier molecular flexibility index (Phi) is 32.6. The first-order chi connectivity index (χ1) is 66.3. The average molecular weight is 2020 g/mol. The summed E-state index contributed by atoms with van der Waals surface area (Å²) < 4.78 is 452. The Morgan fingerprint density at radius 1 is 0.220 bits per heavy atom. The van der Waals surface area contributed by atoms with E-state index in [-0.39, 0.29) is 81.6 Å². The largest absolute Gasteiger partial charge is 0.573 e. The number of benzene rings is 12. The van der Waals surface area contributed by atoms with Gasteiger partial charge in [-0.2, -0.15) is 35.1 Å². The molecule has 4 fully saturated rings. The van der Waals surface area contributed by atoms with Crippen LogP contribution in [0.1, 0.15) is 187 Å². The van der Waals surface area contributed by atoms with Crippen LogP contribution in [0.4, 0.5) is 136 Å². The monoisotopic (exact) mass is 2020 g/mol. The third-order valence-corrected chi connectivity index (χ3v) is 25.4. The van der Waals surface area contributed by atoms with E-state index in [9.17, 15) is 136 Å². The van der Waals surface area contributed by atoms with E-state index < -0.39 is 204 Å². The molecule has 0 unspecified atom stereocenters. The number of rotatable bonds is 21. The Hall–Kier alpha value is -12.5. The highest BCUT2D eigenvalue weighted by Gasteiger charge is 2.46. The van der Waals surface area contributed by atoms with Crippen LogP contribution in [0.15, 0.2) is 188 Å². The zero-order valence-electron chi connectivity index (χ0n) is 74.6. The second kappa shape index (κ2) is 43.5. The van der Waals surface area contributed by atoms with Gasteiger partial charge in [-0.05, 0) is 269 Å². The Labute approximate surface area is 793 Å². The maximum atomic E-state index is 14.8. The Morgan fingerprint density at radius 3 is 0.780 bits per heavy atom. The molecule has 36 heteroatoms. The fourth-order valence-electron chi connectivity index (χ4n) is 17.4. The second-order valence-corrected chi connectivity index (χ2v) is 35.6. The van der Waals surface area contributed by atoms with E-state index in [4.69, 9.17) is 4.74 Å². The van der Waals surface area contributed by atoms with Crippen LogP contribution < -0.4 is 23.7 Å². The molecular weight excluding hydrogens is 1930 g/mol. The molecule has 4 aliphatic carbocycles. The number of halogens is 31. The lowest BCUT2D eigenvalue weighted by atomic mass is 9.79. The standard InChI is InChI=1S/C27H21F9O2.C26H20F8O.2C26H21F7O.4H2/c1-14-2-4-15(5-3-14)16-6-8-17(9-7-16)18-10-20(28)24(21(29)11-18)37-26(32,33)19-12-22(30)25(23(31)13-19)38-27(34,35)36;1-13-2-4-14(5-3-13)15-6-7-18(19(27)8-15)16-9-22(30)25(23(31)10-16)35-26(33,34)17-11-20(28)24(32)21(29)12-17;1-14-2-6-18(7-3-14)26(32,33)34-19-8-4-15(5-9-19)16-10-20(27)24(21(28)11-16)17-12-22(29)25(31)23(30)13-17;1-14-2-4-15(5-3-14)16-6-8-17(9-7-16)18-10-22(29)25(23(30)11-18)34-26(32,33)19-12-20(27)24(31)21(28)13-19;;;;/h6-15H,2-5H2,1H3;6-14H,2-5H2,1H3;4-5,8-14,18H,2-3,6-7H2,1H3;6-15H,2-5H2,1H3;4*1H. The fraction of sp³-hybridized carbons (Fsp3) is 0.314. The molecule has 4 aliphatic rings. The van der Waals surface area contributed by atoms with Gasteiger partial charge in [0.15, 0.2) is 116 Å². The van der Waals surface area contributed by atoms with E-state index in [0.29, 0.717) is 102 Å². The molecule has 0 radical (unpaired) electrons. The SMILES string of the molecule is CC1CCC(C(F)(F)Oc2ccc(-c3cc(F)c(-c4cc(F)c(F)c(F)c4)c(F)c3)cc2)CC1.CC1CCC(c2ccc(-c3cc(F)c(OC(F)(F)c4cc(F)c(F)c(F)c4)c(F)c3)c(F)c2)CC1.CC1CCC(c2ccc(-c3cc(F)c(OC(F)(F)c4cc(F)c(F)c(F)c4)c(F)c3)cc2)CC1.CC1CCC(c2ccc(-c3cc(F)c(OC(F)(F)c4cc(F)c(OC(F)(F)F)c(F)c4)c(F)c3)cc2)CC1.[HH].[HH].[HH].[HH]. The molecule has 0 amide bonds. The van der Waals surface area contributed by atoms with Gasteiger partial charge in [0.1, 0.15) is 23.2 Å². The van der Waals surface area contributed by atoms with Gasteiger partial charge in [0.25, 0.3) is 0 Å². The third-order valence-electron chi connectivity index (χ3n) is 25.4. The van der Waals surface area contributed by atoms with Gasteiger partial charge >= 0.3 is 30.8 Å². The van der Waals surface area contributed by atoms with E-state index in [0.717, 1.165) is 130 Å². The van der Waals surface area contributed by atoms with E-state index >= 15 is 0 Å². The summed E-state index contributed by atoms with van der Waals surface area (Å²) in [6.45, 7) is 8.61. The van der Waals surface area contributed by atoms with E-state index in [2.05, 4.69) is 39.7 Å². The van der Waals surface area contributed by atoms with Crippen molar-refractivity contribution < 1.29 is 165 Å². The summed E-state index contributed by atoms with van der Waals surface area (Å²) in [5, 5.41) is 0. The minimum atomic E-state index is -5.49. The zero-order chi connectivity index (χ0) is 103. The lowest BCUT2D eigenvalue weighted by Crippen LogP contribution is -2.36. The summed E-state index contributed by atoms with van der Waals surface area (Å²) in [5.41, 5.74) is -1.75. The van der Waals surface area contributed by atoms with Crippen LogP contribution in [0, 0.1) is 146 Å². The minimum absolute atomic E-state index is 0. The quantitative estimate of drug-likeness (QED) is 0.0530. The maximum absolute atomic E-state index is 14.8. The van der Waals surface area contributed by atoms with Crippen LogP contribution in [-0.2, 0) is 18.3 Å². The molecule has 0 aliphatic heterocycles. The minimum Gasteiger partial charge on any atom is -0.432 e. The molecule has 758 valence electrons. The van der Waals surface area contributed by atoms with Crippen LogP contribution in [-0.4, -0.2) is 12.5 Å². The average Bonchev–Trinajstić information content (AvgIpc) is 0.789. The van der Waals surface area contributed by atoms with Gasteiger partial charge in [0.2, 0.25) is 5.75 Å². The molecule has 0 spiro atoms. The lowest BCUT2D eigenvalue weighted by molar-refractivity contribution is -0.276. The van der Waals surface area contributed by atoms with Crippen LogP contribution in [0.3, 0.4) is 0 Å². The van der Waals surface area contributed by atoms with Crippen molar-refractivity contribution in [2.75, 3.05) is 0 Å². The maximum Gasteiger partial charge on any atom is 0.573 e. The van der Waals surface area contributed by atoms with E-state index in [1.807, 2.05) is 31.2 Å². The van der Waals surface area contributed by atoms with Crippen molar-refractivity contribution >= 4 is 0 Å². The van der Waals surface area contributed by atoms with Gasteiger partial charge in [-0.25, -0.2) is 87.8 Å². The summed E-state index contributed by atoms with van der Waals surface area (Å²) >= 11 is 0. The molecule has 0 saturated heterocycles. The number of hydrogen-bond donors (Lipinski definition) is 0. The van der Waals surface area contributed by atoms with Gasteiger partial charge in [0.05, 0.1) is 28.2 Å². The van der Waals surface area contributed by atoms with Crippen molar-refractivity contribution in [1.82, 2.24) is 0 Å².